The van der Waals surface area contributed by atoms with Gasteiger partial charge in [0.25, 0.3) is 0 Å². The van der Waals surface area contributed by atoms with Crippen LogP contribution in [0.5, 0.6) is 0 Å². The van der Waals surface area contributed by atoms with E-state index in [-0.39, 0.29) is 71.3 Å². The van der Waals surface area contributed by atoms with Crippen molar-refractivity contribution >= 4 is 16.1 Å². The molecule has 22 heavy (non-hydrogen) atoms. The van der Waals surface area contributed by atoms with Gasteiger partial charge < -0.3 is 14.5 Å². The zero-order valence-corrected chi connectivity index (χ0v) is 19.0. The van der Waals surface area contributed by atoms with Crippen molar-refractivity contribution in [2.45, 2.75) is 77.0 Å². The van der Waals surface area contributed by atoms with Crippen LogP contribution in [-0.4, -0.2) is 24.7 Å². The van der Waals surface area contributed by atoms with Crippen molar-refractivity contribution in [3.8, 4) is 0 Å². The molecule has 0 heterocycles. The average molecular weight is 352 g/mol. The van der Waals surface area contributed by atoms with Gasteiger partial charge in [0.05, 0.1) is 10.1 Å². The van der Waals surface area contributed by atoms with Gasteiger partial charge in [-0.1, -0.05) is 57.8 Å². The van der Waals surface area contributed by atoms with Crippen LogP contribution < -0.4 is 64.2 Å². The van der Waals surface area contributed by atoms with Crippen molar-refractivity contribution in [2.24, 2.45) is 0 Å². The van der Waals surface area contributed by atoms with Gasteiger partial charge in [0.1, 0.15) is 0 Å². The van der Waals surface area contributed by atoms with E-state index in [0.717, 1.165) is 44.9 Å². The number of carboxylic acids is 1. The van der Waals surface area contributed by atoms with Gasteiger partial charge in [0, 0.05) is 11.7 Å². The Morgan fingerprint density at radius 3 is 1.32 bits per heavy atom. The summed E-state index contributed by atoms with van der Waals surface area (Å²) in [5.41, 5.74) is 0. The molecule has 0 aliphatic carbocycles. The third-order valence-electron chi connectivity index (χ3n) is 3.28. The summed E-state index contributed by atoms with van der Waals surface area (Å²) in [6, 6.07) is 0. The summed E-state index contributed by atoms with van der Waals surface area (Å²) in [4.78, 5) is 10.2. The molecule has 0 N–H and O–H groups in total. The molecule has 8 heteroatoms. The molecule has 0 aliphatic rings. The maximum atomic E-state index is 10.4. The van der Waals surface area contributed by atoms with Crippen molar-refractivity contribution in [1.82, 2.24) is 0 Å². The third kappa shape index (κ3) is 26.3. The molecule has 0 bridgehead atoms. The van der Waals surface area contributed by atoms with Gasteiger partial charge in [-0.2, -0.15) is 0 Å². The molecule has 5 nitrogen and oxygen atoms in total. The summed E-state index contributed by atoms with van der Waals surface area (Å²) < 4.78 is 31.1. The van der Waals surface area contributed by atoms with E-state index in [2.05, 4.69) is 0 Å². The molecule has 0 amide bonds. The molecule has 0 radical (unpaired) electrons. The Hall–Kier alpha value is 1.38. The van der Waals surface area contributed by atoms with Crippen LogP contribution in [0.2, 0.25) is 0 Å². The zero-order valence-electron chi connectivity index (χ0n) is 14.1. The van der Waals surface area contributed by atoms with Gasteiger partial charge >= 0.3 is 59.1 Å². The molecular weight excluding hydrogens is 326 g/mol. The first-order chi connectivity index (χ1) is 9.42. The predicted octanol–water partition coefficient (Wildman–Crippen LogP) is -4.03. The van der Waals surface area contributed by atoms with Crippen LogP contribution in [0.15, 0.2) is 0 Å². The molecule has 0 spiro atoms. The predicted molar refractivity (Wildman–Crippen MR) is 75.0 cm³/mol. The van der Waals surface area contributed by atoms with Gasteiger partial charge in [-0.25, -0.2) is 8.42 Å². The number of carboxylic acid groups (broad SMARTS) is 1. The Labute approximate surface area is 179 Å². The van der Waals surface area contributed by atoms with Crippen LogP contribution in [0.1, 0.15) is 77.0 Å². The molecule has 0 aromatic heterocycles. The van der Waals surface area contributed by atoms with E-state index in [1.807, 2.05) is 0 Å². The number of unbranched alkanes of at least 4 members (excludes halogenated alkanes) is 10. The standard InChI is InChI=1S/C14H28O5S.2Na/c15-14(16)12-10-8-6-4-2-1-3-5-7-9-11-13-20(17,18)19;;/h1-13H2,(H,15,16)(H,17,18,19);;/q;2*+1/p-2. The third-order valence-corrected chi connectivity index (χ3v) is 4.06. The van der Waals surface area contributed by atoms with Crippen LogP contribution >= 0.6 is 0 Å². The van der Waals surface area contributed by atoms with Crippen LogP contribution in [-0.2, 0) is 14.9 Å². The molecule has 120 valence electrons. The first-order valence-electron chi connectivity index (χ1n) is 7.55. The van der Waals surface area contributed by atoms with Crippen LogP contribution in [0.4, 0.5) is 0 Å². The number of carbonyl (C=O) groups is 1. The molecule has 0 saturated carbocycles. The maximum absolute atomic E-state index is 10.4. The smallest absolute Gasteiger partial charge is 0.748 e. The summed E-state index contributed by atoms with van der Waals surface area (Å²) in [5.74, 6) is -1.20. The van der Waals surface area contributed by atoms with E-state index in [4.69, 9.17) is 0 Å². The second-order valence-corrected chi connectivity index (χ2v) is 6.80. The fraction of sp³-hybridized carbons (Fsp3) is 0.929. The average Bonchev–Trinajstić information content (AvgIpc) is 2.33. The summed E-state index contributed by atoms with van der Waals surface area (Å²) in [6.45, 7) is 0. The Kier molecular flexibility index (Phi) is 24.0. The summed E-state index contributed by atoms with van der Waals surface area (Å²) >= 11 is 0. The number of hydrogen-bond donors (Lipinski definition) is 0. The van der Waals surface area contributed by atoms with E-state index >= 15 is 0 Å². The van der Waals surface area contributed by atoms with Crippen LogP contribution in [0, 0.1) is 0 Å². The first kappa shape index (κ1) is 28.2. The van der Waals surface area contributed by atoms with Gasteiger partial charge in [-0.3, -0.25) is 0 Å². The molecule has 0 rings (SSSR count). The van der Waals surface area contributed by atoms with E-state index < -0.39 is 16.1 Å². The molecule has 0 saturated heterocycles. The van der Waals surface area contributed by atoms with Crippen molar-refractivity contribution in [2.75, 3.05) is 5.75 Å². The fourth-order valence-electron chi connectivity index (χ4n) is 2.14. The van der Waals surface area contributed by atoms with Crippen LogP contribution in [0.25, 0.3) is 0 Å². The molecule has 0 aromatic carbocycles. The molecule has 0 unspecified atom stereocenters. The fourth-order valence-corrected chi connectivity index (χ4v) is 2.70. The molecule has 0 aromatic rings. The van der Waals surface area contributed by atoms with Crippen molar-refractivity contribution in [1.29, 1.82) is 0 Å². The number of rotatable bonds is 14. The Morgan fingerprint density at radius 1 is 0.682 bits per heavy atom. The van der Waals surface area contributed by atoms with Gasteiger partial charge in [0.15, 0.2) is 0 Å². The molecule has 0 aliphatic heterocycles. The minimum Gasteiger partial charge on any atom is -0.748 e. The number of hydrogen-bond acceptors (Lipinski definition) is 5. The monoisotopic (exact) mass is 352 g/mol. The topological polar surface area (TPSA) is 97.3 Å². The largest absolute Gasteiger partial charge is 1.00 e. The second-order valence-electron chi connectivity index (χ2n) is 5.27. The normalized spacial score (nSPS) is 10.6. The minimum atomic E-state index is -4.03. The zero-order chi connectivity index (χ0) is 15.3. The molecular formula is C14H26Na2O5S. The first-order valence-corrected chi connectivity index (χ1v) is 9.13. The van der Waals surface area contributed by atoms with Gasteiger partial charge in [-0.15, -0.1) is 0 Å². The van der Waals surface area contributed by atoms with Crippen LogP contribution in [0.3, 0.4) is 0 Å². The summed E-state index contributed by atoms with van der Waals surface area (Å²) in [5, 5.41) is 10.2. The van der Waals surface area contributed by atoms with E-state index in [1.54, 1.807) is 0 Å². The van der Waals surface area contributed by atoms with Gasteiger partial charge in [0.2, 0.25) is 0 Å². The molecule has 0 atom stereocenters. The number of aliphatic carboxylic acids is 1. The Balaban J connectivity index is -0.00000180. The number of carbonyl (C=O) groups excluding carboxylic acids is 1. The summed E-state index contributed by atoms with van der Waals surface area (Å²) in [6.07, 6.45) is 10.9. The van der Waals surface area contributed by atoms with E-state index in [0.29, 0.717) is 12.8 Å². The minimum absolute atomic E-state index is 0. The Morgan fingerprint density at radius 2 is 1.00 bits per heavy atom. The van der Waals surface area contributed by atoms with Crippen molar-refractivity contribution in [3.05, 3.63) is 0 Å². The van der Waals surface area contributed by atoms with E-state index in [1.165, 1.54) is 12.8 Å². The van der Waals surface area contributed by atoms with Crippen molar-refractivity contribution in [3.63, 3.8) is 0 Å². The van der Waals surface area contributed by atoms with Gasteiger partial charge in [-0.05, 0) is 19.3 Å². The SMILES string of the molecule is O=C([O-])CCCCCCCCCCCCCS(=O)(=O)[O-].[Na+].[Na+]. The Bertz CT molecular complexity index is 347. The van der Waals surface area contributed by atoms with Crippen molar-refractivity contribution < 1.29 is 82.0 Å². The maximum Gasteiger partial charge on any atom is 1.00 e. The summed E-state index contributed by atoms with van der Waals surface area (Å²) in [7, 11) is -4.03. The second kappa shape index (κ2) is 18.7. The van der Waals surface area contributed by atoms with E-state index in [9.17, 15) is 22.9 Å². The quantitative estimate of drug-likeness (QED) is 0.180. The molecule has 0 fully saturated rings.